The monoisotopic (exact) mass is 717 g/mol. The summed E-state index contributed by atoms with van der Waals surface area (Å²) in [6.07, 6.45) is 0. The van der Waals surface area contributed by atoms with E-state index in [1.807, 2.05) is 18.2 Å². The third kappa shape index (κ3) is 5.54. The van der Waals surface area contributed by atoms with Crippen molar-refractivity contribution in [1.29, 1.82) is 0 Å². The van der Waals surface area contributed by atoms with Crippen molar-refractivity contribution >= 4 is 28.8 Å². The summed E-state index contributed by atoms with van der Waals surface area (Å²) in [4.78, 5) is 16.0. The molecule has 0 fully saturated rings. The standard InChI is InChI=1S/C51H35N3Si/c1-6-19-36(20-7-1)39-33-34-42(45(35-39)37-21-8-2-9-22-37)50-52-49(38-23-10-3-11-24-38)53-51(54-50)44-30-18-32-47-48(44)43-29-16-17-31-46(43)55(47,40-25-12-4-13-26-40)41-27-14-5-15-28-41/h1-35H. The maximum Gasteiger partial charge on any atom is 0.180 e. The Balaban J connectivity index is 1.25. The fourth-order valence-corrected chi connectivity index (χ4v) is 13.6. The Hall–Kier alpha value is -7.01. The highest BCUT2D eigenvalue weighted by atomic mass is 28.3. The van der Waals surface area contributed by atoms with Crippen LogP contribution in [0.15, 0.2) is 212 Å². The zero-order valence-electron chi connectivity index (χ0n) is 30.0. The molecule has 3 nitrogen and oxygen atoms in total. The fraction of sp³-hybridized carbons (Fsp3) is 0. The van der Waals surface area contributed by atoms with Crippen LogP contribution >= 0.6 is 0 Å². The van der Waals surface area contributed by atoms with Crippen LogP contribution in [-0.4, -0.2) is 23.0 Å². The van der Waals surface area contributed by atoms with Gasteiger partial charge >= 0.3 is 0 Å². The second-order valence-electron chi connectivity index (χ2n) is 13.9. The van der Waals surface area contributed by atoms with Gasteiger partial charge in [-0.15, -0.1) is 0 Å². The van der Waals surface area contributed by atoms with Crippen molar-refractivity contribution in [2.45, 2.75) is 0 Å². The van der Waals surface area contributed by atoms with Crippen LogP contribution in [-0.2, 0) is 0 Å². The van der Waals surface area contributed by atoms with E-state index in [4.69, 9.17) is 15.0 Å². The molecule has 9 aromatic rings. The molecule has 8 aromatic carbocycles. The lowest BCUT2D eigenvalue weighted by molar-refractivity contribution is 1.08. The molecule has 0 atom stereocenters. The van der Waals surface area contributed by atoms with E-state index in [-0.39, 0.29) is 0 Å². The number of aromatic nitrogens is 3. The second-order valence-corrected chi connectivity index (χ2v) is 17.7. The van der Waals surface area contributed by atoms with Crippen LogP contribution in [0.25, 0.3) is 67.5 Å². The summed E-state index contributed by atoms with van der Waals surface area (Å²) in [7, 11) is -2.71. The molecule has 2 heterocycles. The van der Waals surface area contributed by atoms with Crippen molar-refractivity contribution in [3.05, 3.63) is 212 Å². The van der Waals surface area contributed by atoms with E-state index in [1.54, 1.807) is 0 Å². The topological polar surface area (TPSA) is 38.7 Å². The molecule has 0 spiro atoms. The van der Waals surface area contributed by atoms with E-state index < -0.39 is 8.07 Å². The summed E-state index contributed by atoms with van der Waals surface area (Å²) >= 11 is 0. The van der Waals surface area contributed by atoms with Crippen LogP contribution in [0, 0.1) is 0 Å². The van der Waals surface area contributed by atoms with Gasteiger partial charge in [0.15, 0.2) is 25.5 Å². The van der Waals surface area contributed by atoms with Crippen LogP contribution in [0.5, 0.6) is 0 Å². The summed E-state index contributed by atoms with van der Waals surface area (Å²) in [5.41, 5.74) is 9.84. The number of benzene rings is 8. The predicted octanol–water partition coefficient (Wildman–Crippen LogP) is 9.56. The molecule has 0 radical (unpaired) electrons. The van der Waals surface area contributed by atoms with Crippen LogP contribution in [0.2, 0.25) is 0 Å². The van der Waals surface area contributed by atoms with Gasteiger partial charge in [0.05, 0.1) is 0 Å². The van der Waals surface area contributed by atoms with Gasteiger partial charge in [0.2, 0.25) is 0 Å². The first-order valence-electron chi connectivity index (χ1n) is 18.7. The maximum absolute atomic E-state index is 5.42. The van der Waals surface area contributed by atoms with E-state index in [2.05, 4.69) is 194 Å². The Morgan fingerprint density at radius 1 is 0.273 bits per heavy atom. The van der Waals surface area contributed by atoms with Gasteiger partial charge in [0, 0.05) is 16.7 Å². The van der Waals surface area contributed by atoms with Crippen LogP contribution in [0.4, 0.5) is 0 Å². The normalized spacial score (nSPS) is 12.5. The number of rotatable bonds is 7. The van der Waals surface area contributed by atoms with E-state index in [0.717, 1.165) is 38.9 Å². The van der Waals surface area contributed by atoms with Gasteiger partial charge in [-0.2, -0.15) is 0 Å². The summed E-state index contributed by atoms with van der Waals surface area (Å²) in [5, 5.41) is 5.45. The quantitative estimate of drug-likeness (QED) is 0.154. The van der Waals surface area contributed by atoms with Crippen molar-refractivity contribution in [3.63, 3.8) is 0 Å². The van der Waals surface area contributed by atoms with Crippen LogP contribution in [0.3, 0.4) is 0 Å². The van der Waals surface area contributed by atoms with Crippen molar-refractivity contribution in [2.75, 3.05) is 0 Å². The molecule has 0 aliphatic carbocycles. The highest BCUT2D eigenvalue weighted by Crippen LogP contribution is 2.39. The van der Waals surface area contributed by atoms with Crippen LogP contribution < -0.4 is 20.7 Å². The van der Waals surface area contributed by atoms with Gasteiger partial charge in [0.25, 0.3) is 0 Å². The molecule has 0 unspecified atom stereocenters. The largest absolute Gasteiger partial charge is 0.208 e. The molecule has 0 saturated heterocycles. The third-order valence-corrected chi connectivity index (χ3v) is 15.7. The second kappa shape index (κ2) is 13.8. The molecule has 258 valence electrons. The summed E-state index contributed by atoms with van der Waals surface area (Å²) in [6, 6.07) is 75.9. The fourth-order valence-electron chi connectivity index (χ4n) is 8.42. The van der Waals surface area contributed by atoms with Crippen LogP contribution in [0.1, 0.15) is 0 Å². The number of hydrogen-bond acceptors (Lipinski definition) is 3. The number of hydrogen-bond donors (Lipinski definition) is 0. The maximum atomic E-state index is 5.42. The SMILES string of the molecule is c1ccc(-c2ccc(-c3nc(-c4ccccc4)nc(-c4cccc5c4-c4ccccc4[Si]5(c4ccccc4)c4ccccc4)n3)c(-c3ccccc3)c2)cc1. The highest BCUT2D eigenvalue weighted by Gasteiger charge is 2.49. The van der Waals surface area contributed by atoms with E-state index in [1.165, 1.54) is 31.9 Å². The highest BCUT2D eigenvalue weighted by molar-refractivity contribution is 7.22. The Labute approximate surface area is 322 Å². The van der Waals surface area contributed by atoms with Crippen molar-refractivity contribution in [1.82, 2.24) is 15.0 Å². The van der Waals surface area contributed by atoms with Gasteiger partial charge in [-0.3, -0.25) is 0 Å². The lowest BCUT2D eigenvalue weighted by atomic mass is 9.94. The van der Waals surface area contributed by atoms with Crippen molar-refractivity contribution in [2.24, 2.45) is 0 Å². The summed E-state index contributed by atoms with van der Waals surface area (Å²) in [6.45, 7) is 0. The Morgan fingerprint density at radius 2 is 0.745 bits per heavy atom. The van der Waals surface area contributed by atoms with Crippen molar-refractivity contribution < 1.29 is 0 Å². The molecule has 0 N–H and O–H groups in total. The Morgan fingerprint density at radius 3 is 1.38 bits per heavy atom. The molecular formula is C51H35N3Si. The first-order valence-corrected chi connectivity index (χ1v) is 20.7. The Bertz CT molecular complexity index is 2750. The minimum Gasteiger partial charge on any atom is -0.208 e. The Kier molecular flexibility index (Phi) is 8.16. The molecule has 0 amide bonds. The molecular weight excluding hydrogens is 683 g/mol. The lowest BCUT2D eigenvalue weighted by Crippen LogP contribution is -2.72. The van der Waals surface area contributed by atoms with Gasteiger partial charge in [-0.25, -0.2) is 15.0 Å². The zero-order chi connectivity index (χ0) is 36.6. The summed E-state index contributed by atoms with van der Waals surface area (Å²) < 4.78 is 0. The summed E-state index contributed by atoms with van der Waals surface area (Å²) in [5.74, 6) is 1.94. The minimum atomic E-state index is -2.71. The average Bonchev–Trinajstić information content (AvgIpc) is 3.59. The first kappa shape index (κ1) is 32.6. The molecule has 1 aliphatic heterocycles. The average molecular weight is 718 g/mol. The number of nitrogens with zero attached hydrogens (tertiary/aromatic N) is 3. The van der Waals surface area contributed by atoms with E-state index in [0.29, 0.717) is 17.5 Å². The van der Waals surface area contributed by atoms with E-state index >= 15 is 0 Å². The molecule has 55 heavy (non-hydrogen) atoms. The van der Waals surface area contributed by atoms with E-state index in [9.17, 15) is 0 Å². The van der Waals surface area contributed by atoms with Gasteiger partial charge in [-0.05, 0) is 66.3 Å². The smallest absolute Gasteiger partial charge is 0.180 e. The van der Waals surface area contributed by atoms with Gasteiger partial charge in [-0.1, -0.05) is 200 Å². The predicted molar refractivity (Wildman–Crippen MR) is 230 cm³/mol. The van der Waals surface area contributed by atoms with Gasteiger partial charge in [0.1, 0.15) is 0 Å². The number of fused-ring (bicyclic) bond motifs is 3. The van der Waals surface area contributed by atoms with Crippen molar-refractivity contribution in [3.8, 4) is 67.5 Å². The lowest BCUT2D eigenvalue weighted by Gasteiger charge is -2.31. The molecule has 0 bridgehead atoms. The van der Waals surface area contributed by atoms with Gasteiger partial charge < -0.3 is 0 Å². The molecule has 1 aliphatic rings. The minimum absolute atomic E-state index is 0.640. The molecule has 0 saturated carbocycles. The third-order valence-electron chi connectivity index (χ3n) is 10.8. The zero-order valence-corrected chi connectivity index (χ0v) is 31.0. The molecule has 1 aromatic heterocycles. The molecule has 10 rings (SSSR count). The first-order chi connectivity index (χ1) is 27.3. The molecule has 4 heteroatoms.